The molecule has 4 N–H and O–H groups in total. The molecule has 0 bridgehead atoms. The minimum absolute atomic E-state index is 0.0228. The molecule has 0 heterocycles. The summed E-state index contributed by atoms with van der Waals surface area (Å²) in [5, 5.41) is 7.71. The molecule has 92 valence electrons. The van der Waals surface area contributed by atoms with Crippen molar-refractivity contribution in [3.05, 3.63) is 35.4 Å². The molecule has 1 aromatic rings. The van der Waals surface area contributed by atoms with Crippen molar-refractivity contribution in [1.29, 1.82) is 0 Å². The predicted molar refractivity (Wildman–Crippen MR) is 73.2 cm³/mol. The van der Waals surface area contributed by atoms with Gasteiger partial charge in [0.05, 0.1) is 5.71 Å². The van der Waals surface area contributed by atoms with Crippen LogP contribution in [0.1, 0.15) is 44.2 Å². The number of rotatable bonds is 4. The van der Waals surface area contributed by atoms with Crippen molar-refractivity contribution in [2.45, 2.75) is 33.1 Å². The zero-order valence-electron chi connectivity index (χ0n) is 10.6. The van der Waals surface area contributed by atoms with Gasteiger partial charge < -0.3 is 11.5 Å². The van der Waals surface area contributed by atoms with Gasteiger partial charge in [-0.25, -0.2) is 0 Å². The fourth-order valence-corrected chi connectivity index (χ4v) is 1.66. The number of guanidine groups is 1. The summed E-state index contributed by atoms with van der Waals surface area (Å²) in [4.78, 5) is 0. The van der Waals surface area contributed by atoms with Crippen LogP contribution >= 0.6 is 0 Å². The lowest BCUT2D eigenvalue weighted by Crippen LogP contribution is -2.22. The summed E-state index contributed by atoms with van der Waals surface area (Å²) in [6.45, 7) is 6.28. The Morgan fingerprint density at radius 1 is 1.24 bits per heavy atom. The van der Waals surface area contributed by atoms with Crippen LogP contribution in [0.5, 0.6) is 0 Å². The molecule has 0 spiro atoms. The summed E-state index contributed by atoms with van der Waals surface area (Å²) in [6.07, 6.45) is 1.09. The Morgan fingerprint density at radius 3 is 2.47 bits per heavy atom. The van der Waals surface area contributed by atoms with E-state index in [4.69, 9.17) is 11.5 Å². The zero-order chi connectivity index (χ0) is 12.8. The van der Waals surface area contributed by atoms with E-state index in [0.717, 1.165) is 17.7 Å². The predicted octanol–water partition coefficient (Wildman–Crippen LogP) is 2.20. The van der Waals surface area contributed by atoms with E-state index in [1.54, 1.807) is 0 Å². The molecular weight excluding hydrogens is 212 g/mol. The van der Waals surface area contributed by atoms with Crippen LogP contribution in [0.2, 0.25) is 0 Å². The van der Waals surface area contributed by atoms with E-state index < -0.39 is 0 Å². The first-order valence-electron chi connectivity index (χ1n) is 5.78. The van der Waals surface area contributed by atoms with Gasteiger partial charge in [0.25, 0.3) is 0 Å². The molecule has 0 aliphatic rings. The highest BCUT2D eigenvalue weighted by Crippen LogP contribution is 2.23. The number of nitrogens with two attached hydrogens (primary N) is 2. The normalized spacial score (nSPS) is 13.2. The third-order valence-corrected chi connectivity index (χ3v) is 2.81. The Labute approximate surface area is 102 Å². The number of hydrogen-bond acceptors (Lipinski definition) is 2. The van der Waals surface area contributed by atoms with Crippen LogP contribution in [-0.2, 0) is 0 Å². The Hall–Kier alpha value is -1.84. The topological polar surface area (TPSA) is 76.8 Å². The van der Waals surface area contributed by atoms with E-state index in [1.165, 1.54) is 5.56 Å². The second kappa shape index (κ2) is 6.03. The van der Waals surface area contributed by atoms with Gasteiger partial charge in [-0.1, -0.05) is 38.1 Å². The van der Waals surface area contributed by atoms with E-state index in [0.29, 0.717) is 5.92 Å². The molecule has 4 nitrogen and oxygen atoms in total. The number of benzene rings is 1. The summed E-state index contributed by atoms with van der Waals surface area (Å²) in [6, 6.07) is 8.20. The highest BCUT2D eigenvalue weighted by atomic mass is 15.3. The van der Waals surface area contributed by atoms with Crippen LogP contribution in [0.15, 0.2) is 34.5 Å². The molecule has 1 aromatic carbocycles. The monoisotopic (exact) mass is 232 g/mol. The van der Waals surface area contributed by atoms with Crippen molar-refractivity contribution >= 4 is 11.7 Å². The smallest absolute Gasteiger partial charge is 0.211 e. The van der Waals surface area contributed by atoms with Crippen molar-refractivity contribution in [3.8, 4) is 0 Å². The standard InChI is InChI=1S/C13H20N4/c1-4-9(2)11-7-5-6-8-12(11)10(3)16-17-13(14)15/h5-9H,4H2,1-3H3,(H4,14,15,17). The van der Waals surface area contributed by atoms with Gasteiger partial charge in [-0.2, -0.15) is 5.10 Å². The lowest BCUT2D eigenvalue weighted by molar-refractivity contribution is 0.732. The van der Waals surface area contributed by atoms with Crippen LogP contribution < -0.4 is 11.5 Å². The fraction of sp³-hybridized carbons (Fsp3) is 0.385. The summed E-state index contributed by atoms with van der Waals surface area (Å²) in [7, 11) is 0. The Morgan fingerprint density at radius 2 is 1.88 bits per heavy atom. The van der Waals surface area contributed by atoms with Gasteiger partial charge in [0.1, 0.15) is 0 Å². The quantitative estimate of drug-likeness (QED) is 0.474. The highest BCUT2D eigenvalue weighted by molar-refractivity contribution is 6.00. The largest absolute Gasteiger partial charge is 0.369 e. The highest BCUT2D eigenvalue weighted by Gasteiger charge is 2.10. The van der Waals surface area contributed by atoms with Crippen molar-refractivity contribution in [3.63, 3.8) is 0 Å². The first-order valence-corrected chi connectivity index (χ1v) is 5.78. The molecule has 0 saturated carbocycles. The van der Waals surface area contributed by atoms with Gasteiger partial charge in [-0.05, 0) is 24.8 Å². The average molecular weight is 232 g/mol. The van der Waals surface area contributed by atoms with E-state index in [1.807, 2.05) is 25.1 Å². The Kier molecular flexibility index (Phi) is 4.69. The number of nitrogens with zero attached hydrogens (tertiary/aromatic N) is 2. The van der Waals surface area contributed by atoms with E-state index in [2.05, 4.69) is 30.1 Å². The van der Waals surface area contributed by atoms with E-state index in [-0.39, 0.29) is 5.96 Å². The molecule has 1 atom stereocenters. The molecule has 17 heavy (non-hydrogen) atoms. The van der Waals surface area contributed by atoms with Crippen LogP contribution in [0.4, 0.5) is 0 Å². The summed E-state index contributed by atoms with van der Waals surface area (Å²) >= 11 is 0. The molecule has 0 saturated heterocycles. The van der Waals surface area contributed by atoms with E-state index in [9.17, 15) is 0 Å². The maximum absolute atomic E-state index is 5.26. The van der Waals surface area contributed by atoms with Gasteiger partial charge in [0, 0.05) is 5.56 Å². The summed E-state index contributed by atoms with van der Waals surface area (Å²) in [5.41, 5.74) is 13.7. The van der Waals surface area contributed by atoms with Gasteiger partial charge in [0.15, 0.2) is 0 Å². The van der Waals surface area contributed by atoms with Crippen molar-refractivity contribution in [2.75, 3.05) is 0 Å². The molecule has 4 heteroatoms. The van der Waals surface area contributed by atoms with Crippen molar-refractivity contribution < 1.29 is 0 Å². The lowest BCUT2D eigenvalue weighted by Gasteiger charge is -2.14. The SMILES string of the molecule is CCC(C)c1ccccc1C(C)=NN=C(N)N. The van der Waals surface area contributed by atoms with Gasteiger partial charge >= 0.3 is 0 Å². The van der Waals surface area contributed by atoms with Gasteiger partial charge in [0.2, 0.25) is 5.96 Å². The minimum atomic E-state index is -0.0228. The van der Waals surface area contributed by atoms with Crippen LogP contribution in [0, 0.1) is 0 Å². The molecule has 1 unspecified atom stereocenters. The maximum Gasteiger partial charge on any atom is 0.211 e. The first-order chi connectivity index (χ1) is 8.06. The third-order valence-electron chi connectivity index (χ3n) is 2.81. The average Bonchev–Trinajstić information content (AvgIpc) is 2.34. The second-order valence-corrected chi connectivity index (χ2v) is 4.11. The Balaban J connectivity index is 3.13. The molecule has 0 aliphatic heterocycles. The minimum Gasteiger partial charge on any atom is -0.369 e. The second-order valence-electron chi connectivity index (χ2n) is 4.11. The Bertz CT molecular complexity index is 431. The fourth-order valence-electron chi connectivity index (χ4n) is 1.66. The molecule has 0 radical (unpaired) electrons. The van der Waals surface area contributed by atoms with E-state index >= 15 is 0 Å². The van der Waals surface area contributed by atoms with Crippen molar-refractivity contribution in [2.24, 2.45) is 21.7 Å². The van der Waals surface area contributed by atoms with Crippen molar-refractivity contribution in [1.82, 2.24) is 0 Å². The van der Waals surface area contributed by atoms with Gasteiger partial charge in [-0.15, -0.1) is 5.10 Å². The molecule has 0 aliphatic carbocycles. The maximum atomic E-state index is 5.26. The molecular formula is C13H20N4. The molecule has 0 fully saturated rings. The van der Waals surface area contributed by atoms with Gasteiger partial charge in [-0.3, -0.25) is 0 Å². The zero-order valence-corrected chi connectivity index (χ0v) is 10.6. The molecule has 0 amide bonds. The summed E-state index contributed by atoms with van der Waals surface area (Å²) in [5.74, 6) is 0.473. The van der Waals surface area contributed by atoms with Crippen LogP contribution in [0.25, 0.3) is 0 Å². The van der Waals surface area contributed by atoms with Crippen LogP contribution in [0.3, 0.4) is 0 Å². The first kappa shape index (κ1) is 13.2. The third kappa shape index (κ3) is 3.59. The van der Waals surface area contributed by atoms with Crippen LogP contribution in [-0.4, -0.2) is 11.7 Å². The molecule has 1 rings (SSSR count). The lowest BCUT2D eigenvalue weighted by atomic mass is 9.92. The summed E-state index contributed by atoms with van der Waals surface area (Å²) < 4.78 is 0. The molecule has 0 aromatic heterocycles. The number of hydrogen-bond donors (Lipinski definition) is 2.